The largest absolute Gasteiger partial charge is 0.497 e. The van der Waals surface area contributed by atoms with E-state index < -0.39 is 5.54 Å². The highest BCUT2D eigenvalue weighted by Gasteiger charge is 2.38. The van der Waals surface area contributed by atoms with Gasteiger partial charge in [0.15, 0.2) is 0 Å². The molecule has 0 bridgehead atoms. The number of likely N-dealkylation sites (tertiary alicyclic amines) is 2. The van der Waals surface area contributed by atoms with Crippen LogP contribution in [0.15, 0.2) is 48.5 Å². The fourth-order valence-electron chi connectivity index (χ4n) is 7.37. The van der Waals surface area contributed by atoms with Crippen LogP contribution in [0.4, 0.5) is 0 Å². The Bertz CT molecular complexity index is 1320. The number of amides is 3. The molecule has 3 aliphatic heterocycles. The first kappa shape index (κ1) is 32.9. The van der Waals surface area contributed by atoms with E-state index in [0.29, 0.717) is 44.3 Å². The number of hydrogen-bond acceptors (Lipinski definition) is 6. The lowest BCUT2D eigenvalue weighted by molar-refractivity contribution is -0.127. The second-order valence-electron chi connectivity index (χ2n) is 13.6. The summed E-state index contributed by atoms with van der Waals surface area (Å²) in [6.07, 6.45) is 4.17. The number of benzene rings is 2. The first-order valence-corrected chi connectivity index (χ1v) is 16.7. The molecule has 2 aromatic carbocycles. The summed E-state index contributed by atoms with van der Waals surface area (Å²) in [6.45, 7) is 9.71. The van der Waals surface area contributed by atoms with Crippen LogP contribution < -0.4 is 20.7 Å². The second-order valence-corrected chi connectivity index (χ2v) is 13.6. The maximum absolute atomic E-state index is 13.6. The van der Waals surface area contributed by atoms with Crippen LogP contribution in [0.5, 0.6) is 5.75 Å². The molecule has 3 heterocycles. The van der Waals surface area contributed by atoms with E-state index in [4.69, 9.17) is 4.74 Å². The Morgan fingerprint density at radius 3 is 2.42 bits per heavy atom. The minimum absolute atomic E-state index is 0.0212. The van der Waals surface area contributed by atoms with E-state index in [1.54, 1.807) is 7.11 Å². The Labute approximate surface area is 268 Å². The van der Waals surface area contributed by atoms with Crippen LogP contribution in [0.1, 0.15) is 69.1 Å². The van der Waals surface area contributed by atoms with Gasteiger partial charge in [-0.25, -0.2) is 0 Å². The van der Waals surface area contributed by atoms with Crippen LogP contribution in [0, 0.1) is 11.8 Å². The number of rotatable bonds is 4. The molecule has 2 atom stereocenters. The molecule has 3 aliphatic rings. The van der Waals surface area contributed by atoms with Gasteiger partial charge < -0.3 is 25.6 Å². The Morgan fingerprint density at radius 1 is 0.889 bits per heavy atom. The van der Waals surface area contributed by atoms with Gasteiger partial charge in [0.25, 0.3) is 0 Å². The Hall–Kier alpha value is -3.43. The first-order valence-electron chi connectivity index (χ1n) is 16.7. The molecule has 244 valence electrons. The first-order chi connectivity index (χ1) is 21.7. The van der Waals surface area contributed by atoms with Crippen LogP contribution in [0.3, 0.4) is 0 Å². The van der Waals surface area contributed by atoms with Crippen molar-refractivity contribution in [1.29, 1.82) is 0 Å². The number of carbonyl (C=O) groups is 3. The fourth-order valence-corrected chi connectivity index (χ4v) is 7.37. The van der Waals surface area contributed by atoms with Gasteiger partial charge in [-0.15, -0.1) is 0 Å². The molecule has 0 radical (unpaired) electrons. The third kappa shape index (κ3) is 9.07. The van der Waals surface area contributed by atoms with Gasteiger partial charge in [0.05, 0.1) is 19.1 Å². The molecular weight excluding hydrogens is 566 g/mol. The summed E-state index contributed by atoms with van der Waals surface area (Å²) in [4.78, 5) is 45.0. The lowest BCUT2D eigenvalue weighted by Gasteiger charge is -2.42. The maximum atomic E-state index is 13.6. The van der Waals surface area contributed by atoms with Crippen LogP contribution >= 0.6 is 0 Å². The molecule has 0 saturated carbocycles. The summed E-state index contributed by atoms with van der Waals surface area (Å²) in [5.74, 6) is 1.40. The number of ether oxygens (including phenoxy) is 1. The van der Waals surface area contributed by atoms with Crippen molar-refractivity contribution in [2.75, 3.05) is 39.8 Å². The van der Waals surface area contributed by atoms with Gasteiger partial charge in [0.2, 0.25) is 17.7 Å². The third-order valence-electron chi connectivity index (χ3n) is 10.1. The quantitative estimate of drug-likeness (QED) is 0.484. The topological polar surface area (TPSA) is 103 Å². The molecule has 0 aromatic heterocycles. The minimum Gasteiger partial charge on any atom is -0.497 e. The predicted octanol–water partition coefficient (Wildman–Crippen LogP) is 3.65. The second kappa shape index (κ2) is 15.2. The van der Waals surface area contributed by atoms with Crippen LogP contribution in [-0.4, -0.2) is 78.9 Å². The van der Waals surface area contributed by atoms with Crippen molar-refractivity contribution in [2.24, 2.45) is 11.8 Å². The zero-order valence-electron chi connectivity index (χ0n) is 27.3. The lowest BCUT2D eigenvalue weighted by atomic mass is 9.80. The van der Waals surface area contributed by atoms with Crippen molar-refractivity contribution in [3.63, 3.8) is 0 Å². The van der Waals surface area contributed by atoms with Gasteiger partial charge >= 0.3 is 0 Å². The van der Waals surface area contributed by atoms with Gasteiger partial charge in [-0.3, -0.25) is 19.3 Å². The van der Waals surface area contributed by atoms with E-state index in [0.717, 1.165) is 62.4 Å². The third-order valence-corrected chi connectivity index (χ3v) is 10.1. The van der Waals surface area contributed by atoms with Crippen molar-refractivity contribution in [3.8, 4) is 5.75 Å². The summed E-state index contributed by atoms with van der Waals surface area (Å²) >= 11 is 0. The molecule has 9 nitrogen and oxygen atoms in total. The van der Waals surface area contributed by atoms with Crippen molar-refractivity contribution >= 4 is 17.7 Å². The number of hydrogen-bond donors (Lipinski definition) is 3. The smallest absolute Gasteiger partial charge is 0.224 e. The molecule has 2 saturated heterocycles. The van der Waals surface area contributed by atoms with Crippen molar-refractivity contribution in [2.45, 2.75) is 83.5 Å². The van der Waals surface area contributed by atoms with E-state index in [1.165, 1.54) is 5.56 Å². The molecule has 1 spiro atoms. The van der Waals surface area contributed by atoms with Crippen molar-refractivity contribution in [1.82, 2.24) is 25.8 Å². The average molecular weight is 618 g/mol. The Morgan fingerprint density at radius 2 is 1.67 bits per heavy atom. The van der Waals surface area contributed by atoms with Crippen molar-refractivity contribution in [3.05, 3.63) is 65.2 Å². The van der Waals surface area contributed by atoms with Crippen LogP contribution in [0.2, 0.25) is 0 Å². The summed E-state index contributed by atoms with van der Waals surface area (Å²) < 4.78 is 5.40. The molecule has 0 aliphatic carbocycles. The predicted molar refractivity (Wildman–Crippen MR) is 176 cm³/mol. The van der Waals surface area contributed by atoms with E-state index in [1.807, 2.05) is 36.4 Å². The molecule has 45 heavy (non-hydrogen) atoms. The lowest BCUT2D eigenvalue weighted by Crippen LogP contribution is -2.57. The van der Waals surface area contributed by atoms with Gasteiger partial charge in [0.1, 0.15) is 5.75 Å². The molecule has 9 heteroatoms. The number of methoxy groups -OCH3 is 1. The molecule has 0 unspecified atom stereocenters. The summed E-state index contributed by atoms with van der Waals surface area (Å²) in [5.41, 5.74) is 2.43. The summed E-state index contributed by atoms with van der Waals surface area (Å²) in [5, 5.41) is 9.67. The molecule has 2 aromatic rings. The highest BCUT2D eigenvalue weighted by molar-refractivity contribution is 5.82. The SMILES string of the molecule is COc1cccc(CN2CCC3(CC2)CC(=O)NCC[C@H]2CN(C(C)C)CC[C@H]2CC(=O)NCc2ccccc2CC(=O)N3)c1. The standard InChI is InChI=1S/C36H51N5O4/c1-26(2)41-16-12-29-20-33(42)38-23-30-9-5-4-8-28(30)21-34(43)39-36(22-35(44)37-15-11-31(29)25-41)13-17-40(18-14-36)24-27-7-6-10-32(19-27)45-3/h4-10,19,26,29,31H,11-18,20-25H2,1-3H3,(H,37,44)(H,38,42)(H,39,43)/t29-,31-/m0/s1. The van der Waals surface area contributed by atoms with E-state index in [2.05, 4.69) is 51.7 Å². The molecular formula is C36H51N5O4. The molecule has 5 rings (SSSR count). The Kier molecular flexibility index (Phi) is 11.2. The van der Waals surface area contributed by atoms with E-state index in [9.17, 15) is 14.4 Å². The van der Waals surface area contributed by atoms with Crippen LogP contribution in [-0.2, 0) is 33.9 Å². The van der Waals surface area contributed by atoms with Crippen LogP contribution in [0.25, 0.3) is 0 Å². The van der Waals surface area contributed by atoms with E-state index in [-0.39, 0.29) is 36.5 Å². The van der Waals surface area contributed by atoms with E-state index >= 15 is 0 Å². The number of fused-ring (bicyclic) bond motifs is 2. The molecule has 3 amide bonds. The number of piperidine rings is 2. The van der Waals surface area contributed by atoms with Gasteiger partial charge in [-0.2, -0.15) is 0 Å². The minimum atomic E-state index is -0.606. The Balaban J connectivity index is 1.32. The highest BCUT2D eigenvalue weighted by atomic mass is 16.5. The highest BCUT2D eigenvalue weighted by Crippen LogP contribution is 2.31. The summed E-state index contributed by atoms with van der Waals surface area (Å²) in [7, 11) is 1.68. The van der Waals surface area contributed by atoms with Gasteiger partial charge in [-0.05, 0) is 86.7 Å². The number of carbonyl (C=O) groups excluding carboxylic acids is 3. The number of nitrogens with zero attached hydrogens (tertiary/aromatic N) is 2. The normalized spacial score (nSPS) is 24.1. The molecule has 2 fully saturated rings. The fraction of sp³-hybridized carbons (Fsp3) is 0.583. The number of nitrogens with one attached hydrogen (secondary N) is 3. The van der Waals surface area contributed by atoms with Gasteiger partial charge in [-0.1, -0.05) is 36.4 Å². The summed E-state index contributed by atoms with van der Waals surface area (Å²) in [6, 6.07) is 16.4. The maximum Gasteiger partial charge on any atom is 0.224 e. The van der Waals surface area contributed by atoms with Crippen molar-refractivity contribution < 1.29 is 19.1 Å². The average Bonchev–Trinajstić information content (AvgIpc) is 3.02. The zero-order valence-corrected chi connectivity index (χ0v) is 27.3. The molecule has 3 N–H and O–H groups in total. The zero-order chi connectivity index (χ0) is 31.8. The monoisotopic (exact) mass is 617 g/mol. The van der Waals surface area contributed by atoms with Gasteiger partial charge in [0, 0.05) is 58.2 Å².